The number of ketones is 1. The van der Waals surface area contributed by atoms with Crippen molar-refractivity contribution in [2.24, 2.45) is 17.1 Å². The van der Waals surface area contributed by atoms with E-state index in [-0.39, 0.29) is 38.2 Å². The number of carboxylic acid groups (broad SMARTS) is 2. The van der Waals surface area contributed by atoms with E-state index in [2.05, 4.69) is 31.9 Å². The van der Waals surface area contributed by atoms with Gasteiger partial charge in [-0.15, -0.1) is 0 Å². The molecule has 1 unspecified atom stereocenters. The second-order valence-electron chi connectivity index (χ2n) is 19.4. The molecule has 0 aliphatic carbocycles. The van der Waals surface area contributed by atoms with Crippen LogP contribution in [-0.4, -0.2) is 106 Å². The largest absolute Gasteiger partial charge is 0.489 e. The van der Waals surface area contributed by atoms with Gasteiger partial charge < -0.3 is 52.6 Å². The Balaban J connectivity index is 2.02. The predicted octanol–water partition coefficient (Wildman–Crippen LogP) is 2.94. The van der Waals surface area contributed by atoms with Crippen molar-refractivity contribution in [2.45, 2.75) is 149 Å². The number of ether oxygens (including phenoxy) is 1. The topological polar surface area (TPSA) is 319 Å². The van der Waals surface area contributed by atoms with Crippen LogP contribution in [-0.2, 0) is 67.4 Å². The second kappa shape index (κ2) is 29.0. The second-order valence-corrected chi connectivity index (χ2v) is 19.4. The number of rotatable bonds is 30. The van der Waals surface area contributed by atoms with Crippen LogP contribution in [0.2, 0.25) is 0 Å². The molecule has 6 atom stereocenters. The molecule has 0 aromatic heterocycles. The molecule has 0 spiro atoms. The number of nitrogens with two attached hydrogens (primary N) is 1. The summed E-state index contributed by atoms with van der Waals surface area (Å²) in [4.78, 5) is 132. The molecule has 3 aromatic carbocycles. The van der Waals surface area contributed by atoms with Crippen LogP contribution in [0.3, 0.4) is 0 Å². The number of Topliss-reactive ketones (excluding diaryl/α,β-unsaturated/α-hetero) is 1. The SMILES string of the molecule is CCCCC(NC(=O)[C@H](CC(C)C)NC(=O)[C@@H](NC(=O)[C@H](Cc1ccccc1C)NC(=O)[C@@H](Cc1ccc(OCc2ccccc2)cc1)NC(=O)[C@H](CC(=O)O)NC(=O)CCC(=O)O)C(C)(C)C)C(=O)C(N)=O. The number of primary amides is 1. The van der Waals surface area contributed by atoms with Gasteiger partial charge in [0.15, 0.2) is 0 Å². The lowest BCUT2D eigenvalue weighted by Gasteiger charge is -2.34. The van der Waals surface area contributed by atoms with Crippen LogP contribution in [0.25, 0.3) is 0 Å². The minimum Gasteiger partial charge on any atom is -0.489 e. The molecule has 20 heteroatoms. The fourth-order valence-electron chi connectivity index (χ4n) is 7.59. The van der Waals surface area contributed by atoms with Crippen LogP contribution in [0.5, 0.6) is 5.75 Å². The number of unbranched alkanes of at least 4 members (excludes halogenated alkanes) is 1. The molecule has 0 heterocycles. The zero-order chi connectivity index (χ0) is 54.4. The highest BCUT2D eigenvalue weighted by Gasteiger charge is 2.39. The van der Waals surface area contributed by atoms with Gasteiger partial charge in [0.05, 0.1) is 18.9 Å². The van der Waals surface area contributed by atoms with Gasteiger partial charge in [0, 0.05) is 19.3 Å². The van der Waals surface area contributed by atoms with Gasteiger partial charge >= 0.3 is 11.9 Å². The molecule has 20 nitrogen and oxygen atoms in total. The molecule has 0 saturated carbocycles. The summed E-state index contributed by atoms with van der Waals surface area (Å²) in [6.07, 6.45) is -1.04. The maximum atomic E-state index is 14.7. The van der Waals surface area contributed by atoms with Gasteiger partial charge in [-0.1, -0.05) is 121 Å². The molecule has 0 aliphatic rings. The smallest absolute Gasteiger partial charge is 0.305 e. The third-order valence-corrected chi connectivity index (χ3v) is 11.6. The number of carboxylic acids is 2. The van der Waals surface area contributed by atoms with E-state index in [1.54, 1.807) is 76.2 Å². The van der Waals surface area contributed by atoms with Crippen LogP contribution in [0.1, 0.15) is 109 Å². The average molecular weight is 1010 g/mol. The summed E-state index contributed by atoms with van der Waals surface area (Å²) in [5.74, 6) is -9.92. The van der Waals surface area contributed by atoms with Crippen molar-refractivity contribution in [2.75, 3.05) is 0 Å². The Hall–Kier alpha value is -7.64. The van der Waals surface area contributed by atoms with Crippen molar-refractivity contribution in [3.63, 3.8) is 0 Å². The first-order chi connectivity index (χ1) is 34.4. The van der Waals surface area contributed by atoms with E-state index in [0.29, 0.717) is 29.7 Å². The van der Waals surface area contributed by atoms with E-state index in [1.807, 2.05) is 51.1 Å². The third-order valence-electron chi connectivity index (χ3n) is 11.6. The average Bonchev–Trinajstić information content (AvgIpc) is 3.32. The molecular formula is C53H71N7O13. The van der Waals surface area contributed by atoms with E-state index in [0.717, 1.165) is 11.1 Å². The van der Waals surface area contributed by atoms with Gasteiger partial charge in [0.25, 0.3) is 5.91 Å². The molecule has 73 heavy (non-hydrogen) atoms. The summed E-state index contributed by atoms with van der Waals surface area (Å²) >= 11 is 0. The zero-order valence-corrected chi connectivity index (χ0v) is 42.6. The highest BCUT2D eigenvalue weighted by atomic mass is 16.5. The van der Waals surface area contributed by atoms with E-state index >= 15 is 0 Å². The lowest BCUT2D eigenvalue weighted by Crippen LogP contribution is -2.62. The molecule has 3 aromatic rings. The monoisotopic (exact) mass is 1010 g/mol. The number of aliphatic carboxylic acids is 2. The van der Waals surface area contributed by atoms with Crippen molar-refractivity contribution >= 4 is 59.1 Å². The van der Waals surface area contributed by atoms with E-state index in [1.165, 1.54) is 0 Å². The molecule has 0 bridgehead atoms. The van der Waals surface area contributed by atoms with Crippen LogP contribution >= 0.6 is 0 Å². The number of hydrogen-bond donors (Lipinski definition) is 9. The number of carbonyl (C=O) groups excluding carboxylic acids is 8. The molecule has 0 aliphatic heterocycles. The van der Waals surface area contributed by atoms with Crippen molar-refractivity contribution in [3.05, 3.63) is 101 Å². The van der Waals surface area contributed by atoms with Gasteiger partial charge in [-0.25, -0.2) is 0 Å². The van der Waals surface area contributed by atoms with Crippen molar-refractivity contribution in [3.8, 4) is 5.75 Å². The summed E-state index contributed by atoms with van der Waals surface area (Å²) in [6.45, 7) is 12.6. The molecular weight excluding hydrogens is 943 g/mol. The summed E-state index contributed by atoms with van der Waals surface area (Å²) in [7, 11) is 0. The molecule has 0 fully saturated rings. The third kappa shape index (κ3) is 20.9. The summed E-state index contributed by atoms with van der Waals surface area (Å²) in [6, 6.07) is 14.6. The maximum absolute atomic E-state index is 14.7. The van der Waals surface area contributed by atoms with Crippen molar-refractivity contribution < 1.29 is 62.9 Å². The minimum absolute atomic E-state index is 0.107. The van der Waals surface area contributed by atoms with Crippen LogP contribution in [0.4, 0.5) is 0 Å². The Morgan fingerprint density at radius 3 is 1.71 bits per heavy atom. The van der Waals surface area contributed by atoms with Crippen LogP contribution < -0.4 is 42.4 Å². The van der Waals surface area contributed by atoms with Crippen LogP contribution in [0.15, 0.2) is 78.9 Å². The molecule has 396 valence electrons. The molecule has 0 saturated heterocycles. The van der Waals surface area contributed by atoms with Gasteiger partial charge in [-0.3, -0.25) is 47.9 Å². The number of aryl methyl sites for hydroxylation is 1. The van der Waals surface area contributed by atoms with Gasteiger partial charge in [-0.2, -0.15) is 0 Å². The van der Waals surface area contributed by atoms with Gasteiger partial charge in [-0.05, 0) is 65.5 Å². The normalized spacial score (nSPS) is 13.6. The molecule has 10 N–H and O–H groups in total. The summed E-state index contributed by atoms with van der Waals surface area (Å²) in [5, 5.41) is 34.3. The number of carbonyl (C=O) groups is 10. The summed E-state index contributed by atoms with van der Waals surface area (Å²) < 4.78 is 5.91. The zero-order valence-electron chi connectivity index (χ0n) is 42.6. The minimum atomic E-state index is -1.74. The lowest BCUT2D eigenvalue weighted by atomic mass is 9.85. The molecule has 3 rings (SSSR count). The molecule has 0 radical (unpaired) electrons. The number of benzene rings is 3. The maximum Gasteiger partial charge on any atom is 0.305 e. The highest BCUT2D eigenvalue weighted by molar-refractivity contribution is 6.37. The van der Waals surface area contributed by atoms with Crippen LogP contribution in [0, 0.1) is 18.3 Å². The van der Waals surface area contributed by atoms with Crippen molar-refractivity contribution in [1.82, 2.24) is 31.9 Å². The number of hydrogen-bond acceptors (Lipinski definition) is 11. The Labute approximate surface area is 425 Å². The standard InChI is InChI=1S/C53H71N7O13/c1-8-9-19-37(45(66)47(54)67)56-48(68)38(26-31(2)3)59-52(72)46(53(5,6)7)60-51(71)40(28-35-18-14-13-15-32(35)4)58-49(69)39(57-50(70)41(29-44(64)65)55-42(61)24-25-43(62)63)27-33-20-22-36(23-21-33)73-30-34-16-11-10-12-17-34/h10-18,20-23,31,37-41,46H,8-9,19,24-30H2,1-7H3,(H2,54,67)(H,55,61)(H,56,68)(H,57,70)(H,58,69)(H,59,72)(H,60,71)(H,62,63)(H,64,65)/t37?,38-,39+,40-,41-,46+/m0/s1. The van der Waals surface area contributed by atoms with Gasteiger partial charge in [0.2, 0.25) is 41.2 Å². The first kappa shape index (κ1) is 59.7. The Morgan fingerprint density at radius 2 is 1.15 bits per heavy atom. The van der Waals surface area contributed by atoms with Crippen molar-refractivity contribution in [1.29, 1.82) is 0 Å². The fraction of sp³-hybridized carbons (Fsp3) is 0.472. The first-order valence-electron chi connectivity index (χ1n) is 24.3. The lowest BCUT2D eigenvalue weighted by molar-refractivity contribution is -0.142. The molecule has 7 amide bonds. The fourth-order valence-corrected chi connectivity index (χ4v) is 7.59. The number of nitrogens with one attached hydrogen (secondary N) is 6. The van der Waals surface area contributed by atoms with Gasteiger partial charge in [0.1, 0.15) is 42.6 Å². The highest BCUT2D eigenvalue weighted by Crippen LogP contribution is 2.22. The Morgan fingerprint density at radius 1 is 0.603 bits per heavy atom. The Kier molecular flexibility index (Phi) is 23.7. The quantitative estimate of drug-likeness (QED) is 0.0435. The summed E-state index contributed by atoms with van der Waals surface area (Å²) in [5.41, 5.74) is 7.06. The number of amides is 7. The first-order valence-corrected chi connectivity index (χ1v) is 24.3. The van der Waals surface area contributed by atoms with E-state index < -0.39 is 120 Å². The van der Waals surface area contributed by atoms with E-state index in [4.69, 9.17) is 15.6 Å². The van der Waals surface area contributed by atoms with E-state index in [9.17, 15) is 53.1 Å². The Bertz CT molecular complexity index is 2400. The predicted molar refractivity (Wildman–Crippen MR) is 269 cm³/mol.